The van der Waals surface area contributed by atoms with E-state index in [9.17, 15) is 0 Å². The Bertz CT molecular complexity index is 254. The number of hydrogen-bond donors (Lipinski definition) is 1. The molecular weight excluding hydrogens is 198 g/mol. The third-order valence-corrected chi connectivity index (χ3v) is 3.78. The molecule has 1 saturated heterocycles. The number of hydrogen-bond acceptors (Lipinski definition) is 3. The predicted molar refractivity (Wildman–Crippen MR) is 67.2 cm³/mol. The van der Waals surface area contributed by atoms with Crippen molar-refractivity contribution >= 4 is 0 Å². The fourth-order valence-corrected chi connectivity index (χ4v) is 2.81. The van der Waals surface area contributed by atoms with Crippen molar-refractivity contribution in [2.45, 2.75) is 64.6 Å². The van der Waals surface area contributed by atoms with E-state index < -0.39 is 0 Å². The first kappa shape index (κ1) is 13.5. The van der Waals surface area contributed by atoms with Crippen LogP contribution in [0.1, 0.15) is 47.0 Å². The molecule has 1 N–H and O–H groups in total. The van der Waals surface area contributed by atoms with E-state index in [2.05, 4.69) is 44.0 Å². The third-order valence-electron chi connectivity index (χ3n) is 3.78. The molecule has 1 fully saturated rings. The van der Waals surface area contributed by atoms with Gasteiger partial charge in [0, 0.05) is 24.2 Å². The summed E-state index contributed by atoms with van der Waals surface area (Å²) in [6, 6.07) is 3.24. The van der Waals surface area contributed by atoms with Crippen molar-refractivity contribution in [3.05, 3.63) is 0 Å². The molecule has 0 aromatic rings. The molecule has 16 heavy (non-hydrogen) atoms. The van der Waals surface area contributed by atoms with E-state index in [4.69, 9.17) is 5.26 Å². The Balaban J connectivity index is 2.90. The van der Waals surface area contributed by atoms with Gasteiger partial charge in [-0.2, -0.15) is 5.26 Å². The lowest BCUT2D eigenvalue weighted by atomic mass is 9.93. The smallest absolute Gasteiger partial charge is 0.0638 e. The Morgan fingerprint density at radius 2 is 2.25 bits per heavy atom. The van der Waals surface area contributed by atoms with E-state index in [-0.39, 0.29) is 5.54 Å². The van der Waals surface area contributed by atoms with Crippen LogP contribution in [0.4, 0.5) is 0 Å². The van der Waals surface area contributed by atoms with Gasteiger partial charge >= 0.3 is 0 Å². The van der Waals surface area contributed by atoms with Gasteiger partial charge in [0.1, 0.15) is 0 Å². The van der Waals surface area contributed by atoms with Gasteiger partial charge in [-0.1, -0.05) is 6.92 Å². The van der Waals surface area contributed by atoms with Gasteiger partial charge in [-0.15, -0.1) is 0 Å². The molecule has 0 spiro atoms. The molecule has 0 amide bonds. The molecule has 1 heterocycles. The van der Waals surface area contributed by atoms with Crippen LogP contribution >= 0.6 is 0 Å². The second kappa shape index (κ2) is 5.65. The second-order valence-corrected chi connectivity index (χ2v) is 5.45. The molecule has 92 valence electrons. The maximum Gasteiger partial charge on any atom is 0.0638 e. The Labute approximate surface area is 99.8 Å². The van der Waals surface area contributed by atoms with Crippen molar-refractivity contribution in [2.75, 3.05) is 13.1 Å². The van der Waals surface area contributed by atoms with Gasteiger partial charge in [-0.05, 0) is 40.2 Å². The highest BCUT2D eigenvalue weighted by molar-refractivity contribution is 4.96. The van der Waals surface area contributed by atoms with Crippen molar-refractivity contribution in [3.8, 4) is 6.07 Å². The predicted octanol–water partition coefficient (Wildman–Crippen LogP) is 2.14. The summed E-state index contributed by atoms with van der Waals surface area (Å²) in [5.41, 5.74) is 0.195. The summed E-state index contributed by atoms with van der Waals surface area (Å²) in [4.78, 5) is 2.55. The number of rotatable bonds is 3. The molecule has 0 aromatic carbocycles. The monoisotopic (exact) mass is 223 g/mol. The minimum absolute atomic E-state index is 0.195. The van der Waals surface area contributed by atoms with Crippen molar-refractivity contribution in [2.24, 2.45) is 0 Å². The largest absolute Gasteiger partial charge is 0.315 e. The molecule has 3 heteroatoms. The summed E-state index contributed by atoms with van der Waals surface area (Å²) in [6.07, 6.45) is 2.92. The SMILES string of the molecule is CCC(C)N1C(CC#N)CNCCC1(C)C. The van der Waals surface area contributed by atoms with Crippen molar-refractivity contribution in [3.63, 3.8) is 0 Å². The van der Waals surface area contributed by atoms with Crippen LogP contribution in [0, 0.1) is 11.3 Å². The quantitative estimate of drug-likeness (QED) is 0.796. The van der Waals surface area contributed by atoms with Crippen molar-refractivity contribution in [1.29, 1.82) is 5.26 Å². The Morgan fingerprint density at radius 1 is 1.56 bits per heavy atom. The summed E-state index contributed by atoms with van der Waals surface area (Å²) >= 11 is 0. The number of nitrogens with zero attached hydrogens (tertiary/aromatic N) is 2. The minimum atomic E-state index is 0.195. The van der Waals surface area contributed by atoms with E-state index in [1.807, 2.05) is 0 Å². The highest BCUT2D eigenvalue weighted by atomic mass is 15.3. The van der Waals surface area contributed by atoms with Crippen LogP contribution in [0.5, 0.6) is 0 Å². The maximum absolute atomic E-state index is 8.95. The molecule has 2 unspecified atom stereocenters. The molecular formula is C13H25N3. The molecule has 0 radical (unpaired) electrons. The molecule has 1 aliphatic rings. The van der Waals surface area contributed by atoms with Gasteiger partial charge in [0.05, 0.1) is 12.5 Å². The summed E-state index contributed by atoms with van der Waals surface area (Å²) in [5.74, 6) is 0. The Kier molecular flexibility index (Phi) is 4.76. The zero-order valence-corrected chi connectivity index (χ0v) is 11.1. The average Bonchev–Trinajstić information content (AvgIpc) is 2.37. The second-order valence-electron chi connectivity index (χ2n) is 5.45. The normalized spacial score (nSPS) is 28.1. The average molecular weight is 223 g/mol. The van der Waals surface area contributed by atoms with E-state index >= 15 is 0 Å². The standard InChI is InChI=1S/C13H25N3/c1-5-11(2)16-12(6-8-14)10-15-9-7-13(16,3)4/h11-12,15H,5-7,9-10H2,1-4H3. The van der Waals surface area contributed by atoms with Crippen molar-refractivity contribution in [1.82, 2.24) is 10.2 Å². The van der Waals surface area contributed by atoms with Crippen LogP contribution in [0.3, 0.4) is 0 Å². The van der Waals surface area contributed by atoms with E-state index in [1.54, 1.807) is 0 Å². The third kappa shape index (κ3) is 2.96. The topological polar surface area (TPSA) is 39.1 Å². The highest BCUT2D eigenvalue weighted by Crippen LogP contribution is 2.28. The van der Waals surface area contributed by atoms with E-state index in [0.717, 1.165) is 25.9 Å². The fourth-order valence-electron chi connectivity index (χ4n) is 2.81. The first-order valence-electron chi connectivity index (χ1n) is 6.39. The number of nitrogens with one attached hydrogen (secondary N) is 1. The summed E-state index contributed by atoms with van der Waals surface area (Å²) in [6.45, 7) is 11.1. The lowest BCUT2D eigenvalue weighted by Gasteiger charge is -2.45. The van der Waals surface area contributed by atoms with Gasteiger partial charge in [0.2, 0.25) is 0 Å². The summed E-state index contributed by atoms with van der Waals surface area (Å²) in [5, 5.41) is 12.4. The van der Waals surface area contributed by atoms with Gasteiger partial charge in [0.15, 0.2) is 0 Å². The molecule has 1 rings (SSSR count). The molecule has 1 aliphatic heterocycles. The molecule has 0 aromatic heterocycles. The van der Waals surface area contributed by atoms with Crippen LogP contribution in [0.15, 0.2) is 0 Å². The highest BCUT2D eigenvalue weighted by Gasteiger charge is 2.36. The lowest BCUT2D eigenvalue weighted by Crippen LogP contribution is -2.54. The summed E-state index contributed by atoms with van der Waals surface area (Å²) < 4.78 is 0. The van der Waals surface area contributed by atoms with Crippen LogP contribution in [0.2, 0.25) is 0 Å². The van der Waals surface area contributed by atoms with Gasteiger partial charge in [0.25, 0.3) is 0 Å². The van der Waals surface area contributed by atoms with Gasteiger partial charge < -0.3 is 5.32 Å². The van der Waals surface area contributed by atoms with Crippen LogP contribution in [-0.4, -0.2) is 35.6 Å². The molecule has 0 aliphatic carbocycles. The van der Waals surface area contributed by atoms with Crippen LogP contribution in [0.25, 0.3) is 0 Å². The fraction of sp³-hybridized carbons (Fsp3) is 0.923. The summed E-state index contributed by atoms with van der Waals surface area (Å²) in [7, 11) is 0. The Hall–Kier alpha value is -0.590. The molecule has 3 nitrogen and oxygen atoms in total. The first-order chi connectivity index (χ1) is 7.53. The molecule has 0 saturated carbocycles. The number of nitriles is 1. The lowest BCUT2D eigenvalue weighted by molar-refractivity contribution is 0.0375. The van der Waals surface area contributed by atoms with E-state index in [0.29, 0.717) is 18.5 Å². The Morgan fingerprint density at radius 3 is 2.81 bits per heavy atom. The van der Waals surface area contributed by atoms with Crippen LogP contribution < -0.4 is 5.32 Å². The zero-order valence-electron chi connectivity index (χ0n) is 11.1. The maximum atomic E-state index is 8.95. The van der Waals surface area contributed by atoms with Gasteiger partial charge in [-0.3, -0.25) is 4.90 Å². The van der Waals surface area contributed by atoms with Gasteiger partial charge in [-0.25, -0.2) is 0 Å². The first-order valence-corrected chi connectivity index (χ1v) is 6.39. The zero-order chi connectivity index (χ0) is 12.2. The minimum Gasteiger partial charge on any atom is -0.315 e. The van der Waals surface area contributed by atoms with Crippen molar-refractivity contribution < 1.29 is 0 Å². The van der Waals surface area contributed by atoms with E-state index in [1.165, 1.54) is 0 Å². The van der Waals surface area contributed by atoms with Crippen LogP contribution in [-0.2, 0) is 0 Å². The molecule has 0 bridgehead atoms. The molecule has 2 atom stereocenters.